The summed E-state index contributed by atoms with van der Waals surface area (Å²) in [6.07, 6.45) is 0.527. The number of nitrogens with one attached hydrogen (secondary N) is 1. The Morgan fingerprint density at radius 2 is 2.56 bits per heavy atom. The summed E-state index contributed by atoms with van der Waals surface area (Å²) in [7, 11) is 0. The van der Waals surface area contributed by atoms with Gasteiger partial charge in [-0.05, 0) is 0 Å². The summed E-state index contributed by atoms with van der Waals surface area (Å²) in [6.45, 7) is 3.98. The normalized spacial score (nSPS) is 21.1. The molecule has 88 valence electrons. The standard InChI is InChI=1S/C9H15N5OS/c1-2-7-12-9(16-13-7)14-3-4-15-6(5-14)8(10)11/h6H,2-5H2,1H3,(H3,10,11). The molecule has 7 heteroatoms. The second-order valence-electron chi connectivity index (χ2n) is 3.61. The van der Waals surface area contributed by atoms with Crippen LogP contribution in [0.3, 0.4) is 0 Å². The zero-order valence-corrected chi connectivity index (χ0v) is 9.96. The van der Waals surface area contributed by atoms with Crippen molar-refractivity contribution in [3.8, 4) is 0 Å². The first-order valence-corrected chi connectivity index (χ1v) is 6.01. The maximum atomic E-state index is 7.38. The van der Waals surface area contributed by atoms with Crippen molar-refractivity contribution < 1.29 is 4.74 Å². The van der Waals surface area contributed by atoms with E-state index in [1.54, 1.807) is 0 Å². The summed E-state index contributed by atoms with van der Waals surface area (Å²) in [5.74, 6) is 0.941. The van der Waals surface area contributed by atoms with E-state index in [1.165, 1.54) is 11.5 Å². The summed E-state index contributed by atoms with van der Waals surface area (Å²) in [6, 6.07) is 0. The van der Waals surface area contributed by atoms with Gasteiger partial charge in [0.2, 0.25) is 5.13 Å². The Labute approximate surface area is 98.1 Å². The predicted molar refractivity (Wildman–Crippen MR) is 63.2 cm³/mol. The van der Waals surface area contributed by atoms with Crippen LogP contribution in [-0.2, 0) is 11.2 Å². The van der Waals surface area contributed by atoms with Crippen LogP contribution in [0.25, 0.3) is 0 Å². The molecular weight excluding hydrogens is 226 g/mol. The Morgan fingerprint density at radius 1 is 1.75 bits per heavy atom. The van der Waals surface area contributed by atoms with Gasteiger partial charge in [0.15, 0.2) is 0 Å². The SMILES string of the molecule is CCc1nsc(N2CCOC(C(=N)N)C2)n1. The Hall–Kier alpha value is -1.21. The lowest BCUT2D eigenvalue weighted by Gasteiger charge is -2.31. The van der Waals surface area contributed by atoms with E-state index in [2.05, 4.69) is 14.3 Å². The molecule has 1 fully saturated rings. The smallest absolute Gasteiger partial charge is 0.205 e. The van der Waals surface area contributed by atoms with Gasteiger partial charge >= 0.3 is 0 Å². The fourth-order valence-corrected chi connectivity index (χ4v) is 2.31. The molecule has 1 saturated heterocycles. The number of hydrogen-bond donors (Lipinski definition) is 2. The van der Waals surface area contributed by atoms with E-state index in [9.17, 15) is 0 Å². The third-order valence-electron chi connectivity index (χ3n) is 2.46. The van der Waals surface area contributed by atoms with Gasteiger partial charge in [-0.15, -0.1) is 0 Å². The number of ether oxygens (including phenoxy) is 1. The van der Waals surface area contributed by atoms with Gasteiger partial charge < -0.3 is 15.4 Å². The van der Waals surface area contributed by atoms with E-state index in [0.29, 0.717) is 13.2 Å². The minimum atomic E-state index is -0.317. The van der Waals surface area contributed by atoms with Crippen molar-refractivity contribution in [1.29, 1.82) is 5.41 Å². The third kappa shape index (κ3) is 2.30. The molecule has 0 saturated carbocycles. The summed E-state index contributed by atoms with van der Waals surface area (Å²) in [5.41, 5.74) is 5.44. The van der Waals surface area contributed by atoms with Crippen LogP contribution >= 0.6 is 11.5 Å². The van der Waals surface area contributed by atoms with E-state index >= 15 is 0 Å². The van der Waals surface area contributed by atoms with Crippen LogP contribution in [0.15, 0.2) is 0 Å². The number of anilines is 1. The number of aryl methyl sites for hydroxylation is 1. The lowest BCUT2D eigenvalue weighted by Crippen LogP contribution is -2.48. The van der Waals surface area contributed by atoms with Crippen LogP contribution in [-0.4, -0.2) is 41.0 Å². The minimum Gasteiger partial charge on any atom is -0.385 e. The van der Waals surface area contributed by atoms with Gasteiger partial charge in [0.05, 0.1) is 13.2 Å². The van der Waals surface area contributed by atoms with Gasteiger partial charge in [-0.3, -0.25) is 5.41 Å². The van der Waals surface area contributed by atoms with E-state index in [-0.39, 0.29) is 11.9 Å². The number of hydrogen-bond acceptors (Lipinski definition) is 6. The molecule has 1 aliphatic rings. The average molecular weight is 241 g/mol. The maximum Gasteiger partial charge on any atom is 0.205 e. The molecule has 1 unspecified atom stereocenters. The molecule has 2 rings (SSSR count). The van der Waals surface area contributed by atoms with Gasteiger partial charge in [-0.2, -0.15) is 4.37 Å². The Balaban J connectivity index is 2.06. The van der Waals surface area contributed by atoms with E-state index in [4.69, 9.17) is 15.9 Å². The topological polar surface area (TPSA) is 88.1 Å². The highest BCUT2D eigenvalue weighted by atomic mass is 32.1. The van der Waals surface area contributed by atoms with Crippen molar-refractivity contribution in [3.63, 3.8) is 0 Å². The number of nitrogens with zero attached hydrogens (tertiary/aromatic N) is 3. The zero-order chi connectivity index (χ0) is 11.5. The highest BCUT2D eigenvalue weighted by Crippen LogP contribution is 2.20. The Morgan fingerprint density at radius 3 is 3.19 bits per heavy atom. The Bertz CT molecular complexity index is 380. The second-order valence-corrected chi connectivity index (χ2v) is 4.34. The molecule has 0 amide bonds. The van der Waals surface area contributed by atoms with Crippen LogP contribution in [0.2, 0.25) is 0 Å². The molecule has 1 aromatic heterocycles. The average Bonchev–Trinajstić information content (AvgIpc) is 2.77. The molecular formula is C9H15N5OS. The minimum absolute atomic E-state index is 0.0740. The Kier molecular flexibility index (Phi) is 3.35. The number of nitrogens with two attached hydrogens (primary N) is 1. The monoisotopic (exact) mass is 241 g/mol. The van der Waals surface area contributed by atoms with E-state index in [1.807, 2.05) is 6.92 Å². The maximum absolute atomic E-state index is 7.38. The van der Waals surface area contributed by atoms with Gasteiger partial charge in [0, 0.05) is 24.5 Å². The zero-order valence-electron chi connectivity index (χ0n) is 9.14. The molecule has 0 bridgehead atoms. The quantitative estimate of drug-likeness (QED) is 0.584. The van der Waals surface area contributed by atoms with Crippen molar-refractivity contribution in [2.24, 2.45) is 5.73 Å². The van der Waals surface area contributed by atoms with Crippen molar-refractivity contribution in [3.05, 3.63) is 5.82 Å². The largest absolute Gasteiger partial charge is 0.385 e. The number of amidine groups is 1. The van der Waals surface area contributed by atoms with Gasteiger partial charge in [-0.1, -0.05) is 6.92 Å². The molecule has 16 heavy (non-hydrogen) atoms. The molecule has 3 N–H and O–H groups in total. The van der Waals surface area contributed by atoms with Crippen molar-refractivity contribution in [1.82, 2.24) is 9.36 Å². The summed E-state index contributed by atoms with van der Waals surface area (Å²) in [4.78, 5) is 6.49. The highest BCUT2D eigenvalue weighted by Gasteiger charge is 2.24. The number of morpholine rings is 1. The molecule has 0 aliphatic carbocycles. The van der Waals surface area contributed by atoms with E-state index in [0.717, 1.165) is 23.9 Å². The number of aromatic nitrogens is 2. The third-order valence-corrected chi connectivity index (χ3v) is 3.27. The van der Waals surface area contributed by atoms with Crippen LogP contribution in [0, 0.1) is 5.41 Å². The molecule has 2 heterocycles. The van der Waals surface area contributed by atoms with Crippen molar-refractivity contribution in [2.75, 3.05) is 24.6 Å². The predicted octanol–water partition coefficient (Wildman–Crippen LogP) is 0.242. The van der Waals surface area contributed by atoms with Gasteiger partial charge in [0.1, 0.15) is 17.8 Å². The van der Waals surface area contributed by atoms with Crippen LogP contribution in [0.1, 0.15) is 12.7 Å². The fourth-order valence-electron chi connectivity index (χ4n) is 1.53. The summed E-state index contributed by atoms with van der Waals surface area (Å²) >= 11 is 1.39. The summed E-state index contributed by atoms with van der Waals surface area (Å²) < 4.78 is 9.63. The molecule has 0 aromatic carbocycles. The second kappa shape index (κ2) is 4.75. The van der Waals surface area contributed by atoms with Crippen LogP contribution in [0.5, 0.6) is 0 Å². The first-order chi connectivity index (χ1) is 7.70. The molecule has 0 radical (unpaired) electrons. The van der Waals surface area contributed by atoms with E-state index < -0.39 is 0 Å². The lowest BCUT2D eigenvalue weighted by atomic mass is 10.2. The molecule has 1 atom stereocenters. The van der Waals surface area contributed by atoms with Crippen LogP contribution < -0.4 is 10.6 Å². The molecule has 1 aromatic rings. The number of rotatable bonds is 3. The highest BCUT2D eigenvalue weighted by molar-refractivity contribution is 7.09. The lowest BCUT2D eigenvalue weighted by molar-refractivity contribution is 0.0826. The molecule has 6 nitrogen and oxygen atoms in total. The first-order valence-electron chi connectivity index (χ1n) is 5.23. The summed E-state index contributed by atoms with van der Waals surface area (Å²) in [5, 5.41) is 8.27. The molecule has 0 spiro atoms. The fraction of sp³-hybridized carbons (Fsp3) is 0.667. The van der Waals surface area contributed by atoms with Crippen LogP contribution in [0.4, 0.5) is 5.13 Å². The van der Waals surface area contributed by atoms with Crippen molar-refractivity contribution in [2.45, 2.75) is 19.4 Å². The first kappa shape index (κ1) is 11.3. The van der Waals surface area contributed by atoms with Crippen molar-refractivity contribution >= 4 is 22.5 Å². The molecule has 1 aliphatic heterocycles. The van der Waals surface area contributed by atoms with Gasteiger partial charge in [-0.25, -0.2) is 4.98 Å². The van der Waals surface area contributed by atoms with Gasteiger partial charge in [0.25, 0.3) is 0 Å².